The van der Waals surface area contributed by atoms with Crippen molar-refractivity contribution >= 4 is 46.2 Å². The molecule has 8 heteroatoms. The van der Waals surface area contributed by atoms with Crippen molar-refractivity contribution in [2.45, 2.75) is 18.9 Å². The van der Waals surface area contributed by atoms with Gasteiger partial charge in [-0.3, -0.25) is 14.9 Å². The second-order valence-electron chi connectivity index (χ2n) is 5.52. The van der Waals surface area contributed by atoms with Crippen LogP contribution in [0.15, 0.2) is 36.4 Å². The first kappa shape index (κ1) is 16.5. The monoisotopic (exact) mass is 365 g/mol. The first-order valence-corrected chi connectivity index (χ1v) is 8.00. The average Bonchev–Trinajstić information content (AvgIpc) is 3.30. The molecule has 3 rings (SSSR count). The lowest BCUT2D eigenvalue weighted by Crippen LogP contribution is -2.13. The number of nitro benzene ring substituents is 1. The SMILES string of the molecule is O=C(Nc1cc(Cl)cc(Cl)c1)c1ccc(NC2CC2)c([N+](=O)[O-])c1. The summed E-state index contributed by atoms with van der Waals surface area (Å²) < 4.78 is 0. The molecule has 124 valence electrons. The minimum absolute atomic E-state index is 0.126. The van der Waals surface area contributed by atoms with Crippen molar-refractivity contribution in [2.24, 2.45) is 0 Å². The highest BCUT2D eigenvalue weighted by Crippen LogP contribution is 2.32. The van der Waals surface area contributed by atoms with E-state index in [4.69, 9.17) is 23.2 Å². The number of hydrogen-bond donors (Lipinski definition) is 2. The van der Waals surface area contributed by atoms with Crippen LogP contribution >= 0.6 is 23.2 Å². The van der Waals surface area contributed by atoms with Crippen LogP contribution in [-0.4, -0.2) is 16.9 Å². The zero-order valence-electron chi connectivity index (χ0n) is 12.4. The number of nitrogens with zero attached hydrogens (tertiary/aromatic N) is 1. The Bertz CT molecular complexity index is 802. The largest absolute Gasteiger partial charge is 0.377 e. The third kappa shape index (κ3) is 3.96. The van der Waals surface area contributed by atoms with E-state index in [9.17, 15) is 14.9 Å². The molecule has 0 heterocycles. The fourth-order valence-corrected chi connectivity index (χ4v) is 2.75. The maximum absolute atomic E-state index is 12.3. The standard InChI is InChI=1S/C16H13Cl2N3O3/c17-10-6-11(18)8-13(7-10)20-16(22)9-1-4-14(19-12-2-3-12)15(5-9)21(23)24/h1,4-8,12,19H,2-3H2,(H,20,22). The molecule has 0 spiro atoms. The fourth-order valence-electron chi connectivity index (χ4n) is 2.22. The van der Waals surface area contributed by atoms with Gasteiger partial charge in [-0.2, -0.15) is 0 Å². The van der Waals surface area contributed by atoms with Crippen LogP contribution in [0.25, 0.3) is 0 Å². The molecule has 0 aliphatic heterocycles. The molecule has 1 fully saturated rings. The molecule has 1 aliphatic rings. The van der Waals surface area contributed by atoms with E-state index in [1.165, 1.54) is 6.07 Å². The van der Waals surface area contributed by atoms with Crippen molar-refractivity contribution in [1.29, 1.82) is 0 Å². The van der Waals surface area contributed by atoms with Crippen molar-refractivity contribution in [3.05, 3.63) is 62.1 Å². The van der Waals surface area contributed by atoms with Gasteiger partial charge in [0.15, 0.2) is 0 Å². The zero-order valence-corrected chi connectivity index (χ0v) is 13.9. The Kier molecular flexibility index (Phi) is 4.59. The van der Waals surface area contributed by atoms with Crippen LogP contribution in [0.2, 0.25) is 10.0 Å². The predicted molar refractivity (Wildman–Crippen MR) is 94.2 cm³/mol. The molecule has 2 aromatic rings. The van der Waals surface area contributed by atoms with Crippen LogP contribution < -0.4 is 10.6 Å². The Balaban J connectivity index is 1.83. The Morgan fingerprint density at radius 1 is 1.12 bits per heavy atom. The molecule has 24 heavy (non-hydrogen) atoms. The van der Waals surface area contributed by atoms with E-state index in [-0.39, 0.29) is 17.3 Å². The van der Waals surface area contributed by atoms with Crippen LogP contribution in [0, 0.1) is 10.1 Å². The van der Waals surface area contributed by atoms with Gasteiger partial charge < -0.3 is 10.6 Å². The third-order valence-corrected chi connectivity index (χ3v) is 3.95. The van der Waals surface area contributed by atoms with E-state index >= 15 is 0 Å². The number of nitrogens with one attached hydrogen (secondary N) is 2. The van der Waals surface area contributed by atoms with Gasteiger partial charge in [-0.25, -0.2) is 0 Å². The van der Waals surface area contributed by atoms with Crippen molar-refractivity contribution in [2.75, 3.05) is 10.6 Å². The number of carbonyl (C=O) groups is 1. The van der Waals surface area contributed by atoms with Crippen molar-refractivity contribution in [3.63, 3.8) is 0 Å². The highest BCUT2D eigenvalue weighted by atomic mass is 35.5. The number of hydrogen-bond acceptors (Lipinski definition) is 4. The van der Waals surface area contributed by atoms with Gasteiger partial charge in [0.25, 0.3) is 11.6 Å². The Labute approximate surface area is 147 Å². The molecule has 1 amide bonds. The second-order valence-corrected chi connectivity index (χ2v) is 6.39. The molecule has 0 radical (unpaired) electrons. The minimum Gasteiger partial charge on any atom is -0.377 e. The lowest BCUT2D eigenvalue weighted by molar-refractivity contribution is -0.384. The van der Waals surface area contributed by atoms with Gasteiger partial charge in [-0.05, 0) is 43.2 Å². The number of anilines is 2. The number of nitro groups is 1. The normalized spacial score (nSPS) is 13.4. The van der Waals surface area contributed by atoms with Crippen LogP contribution in [-0.2, 0) is 0 Å². The molecule has 1 aliphatic carbocycles. The van der Waals surface area contributed by atoms with Gasteiger partial charge >= 0.3 is 0 Å². The maximum atomic E-state index is 12.3. The summed E-state index contributed by atoms with van der Waals surface area (Å²) in [6.07, 6.45) is 1.99. The summed E-state index contributed by atoms with van der Waals surface area (Å²) in [5.74, 6) is -0.477. The second kappa shape index (κ2) is 6.67. The van der Waals surface area contributed by atoms with Crippen molar-refractivity contribution in [3.8, 4) is 0 Å². The highest BCUT2D eigenvalue weighted by molar-refractivity contribution is 6.35. The van der Waals surface area contributed by atoms with Crippen LogP contribution in [0.5, 0.6) is 0 Å². The number of amides is 1. The van der Waals surface area contributed by atoms with E-state index in [0.29, 0.717) is 21.4 Å². The molecule has 0 bridgehead atoms. The summed E-state index contributed by atoms with van der Waals surface area (Å²) in [7, 11) is 0. The third-order valence-electron chi connectivity index (χ3n) is 3.51. The summed E-state index contributed by atoms with van der Waals surface area (Å²) >= 11 is 11.8. The quantitative estimate of drug-likeness (QED) is 0.592. The fraction of sp³-hybridized carbons (Fsp3) is 0.188. The van der Waals surface area contributed by atoms with Gasteiger partial charge in [0.2, 0.25) is 0 Å². The molecule has 1 saturated carbocycles. The number of benzene rings is 2. The summed E-state index contributed by atoms with van der Waals surface area (Å²) in [5.41, 5.74) is 0.892. The van der Waals surface area contributed by atoms with Crippen LogP contribution in [0.1, 0.15) is 23.2 Å². The summed E-state index contributed by atoms with van der Waals surface area (Å²) in [6.45, 7) is 0. The van der Waals surface area contributed by atoms with Gasteiger partial charge in [-0.1, -0.05) is 23.2 Å². The van der Waals surface area contributed by atoms with Gasteiger partial charge in [0.05, 0.1) is 4.92 Å². The number of rotatable bonds is 5. The van der Waals surface area contributed by atoms with E-state index in [2.05, 4.69) is 10.6 Å². The van der Waals surface area contributed by atoms with Crippen molar-refractivity contribution in [1.82, 2.24) is 0 Å². The van der Waals surface area contributed by atoms with Crippen LogP contribution in [0.3, 0.4) is 0 Å². The first-order valence-electron chi connectivity index (χ1n) is 7.25. The summed E-state index contributed by atoms with van der Waals surface area (Å²) in [4.78, 5) is 23.1. The smallest absolute Gasteiger partial charge is 0.293 e. The molecule has 0 unspecified atom stereocenters. The van der Waals surface area contributed by atoms with Gasteiger partial charge in [-0.15, -0.1) is 0 Å². The van der Waals surface area contributed by atoms with E-state index in [1.54, 1.807) is 30.3 Å². The number of carbonyl (C=O) groups excluding carboxylic acids is 1. The molecule has 2 aromatic carbocycles. The van der Waals surface area contributed by atoms with Gasteiger partial charge in [0.1, 0.15) is 5.69 Å². The molecule has 0 atom stereocenters. The van der Waals surface area contributed by atoms with E-state index in [1.807, 2.05) is 0 Å². The number of halogens is 2. The highest BCUT2D eigenvalue weighted by Gasteiger charge is 2.25. The molecule has 0 aromatic heterocycles. The first-order chi connectivity index (χ1) is 11.4. The van der Waals surface area contributed by atoms with Crippen LogP contribution in [0.4, 0.5) is 17.1 Å². The Hall–Kier alpha value is -2.31. The molecule has 2 N–H and O–H groups in total. The predicted octanol–water partition coefficient (Wildman–Crippen LogP) is 4.73. The summed E-state index contributed by atoms with van der Waals surface area (Å²) in [6, 6.07) is 9.26. The topological polar surface area (TPSA) is 84.3 Å². The molecule has 0 saturated heterocycles. The molecular formula is C16H13Cl2N3O3. The van der Waals surface area contributed by atoms with E-state index < -0.39 is 10.8 Å². The average molecular weight is 366 g/mol. The Morgan fingerprint density at radius 3 is 2.38 bits per heavy atom. The Morgan fingerprint density at radius 2 is 1.79 bits per heavy atom. The molecular weight excluding hydrogens is 353 g/mol. The molecule has 6 nitrogen and oxygen atoms in total. The lowest BCUT2D eigenvalue weighted by atomic mass is 10.1. The van der Waals surface area contributed by atoms with Gasteiger partial charge in [0, 0.05) is 33.4 Å². The summed E-state index contributed by atoms with van der Waals surface area (Å²) in [5, 5.41) is 17.7. The minimum atomic E-state index is -0.502. The van der Waals surface area contributed by atoms with E-state index in [0.717, 1.165) is 12.8 Å². The van der Waals surface area contributed by atoms with Crippen molar-refractivity contribution < 1.29 is 9.72 Å². The zero-order chi connectivity index (χ0) is 17.3. The maximum Gasteiger partial charge on any atom is 0.293 e. The lowest BCUT2D eigenvalue weighted by Gasteiger charge is -2.09.